The molecule has 12 aromatic rings. The number of aromatic nitrogens is 2. The van der Waals surface area contributed by atoms with Gasteiger partial charge < -0.3 is 9.38 Å². The zero-order chi connectivity index (χ0) is 43.0. The molecule has 0 saturated heterocycles. The first-order chi connectivity index (χ1) is 31.0. The molecule has 0 saturated carbocycles. The van der Waals surface area contributed by atoms with E-state index in [1.54, 1.807) is 11.3 Å². The van der Waals surface area contributed by atoms with Crippen LogP contribution in [-0.2, 0) is 10.8 Å². The largest absolute Gasteiger partial charge is 0.376 e. The van der Waals surface area contributed by atoms with Gasteiger partial charge in [0, 0.05) is 79.3 Å². The van der Waals surface area contributed by atoms with Crippen molar-refractivity contribution in [3.8, 4) is 27.4 Å². The summed E-state index contributed by atoms with van der Waals surface area (Å²) >= 11 is 5.67. The molecule has 0 unspecified atom stereocenters. The molecular formula is C57H42BN3S3. The molecule has 0 spiro atoms. The molecule has 0 fully saturated rings. The first-order valence-electron chi connectivity index (χ1n) is 22.3. The Balaban J connectivity index is 1.21. The minimum absolute atomic E-state index is 0.0109. The van der Waals surface area contributed by atoms with Gasteiger partial charge in [0.05, 0.1) is 21.3 Å². The average Bonchev–Trinajstić information content (AvgIpc) is 4.07. The molecule has 4 aromatic heterocycles. The van der Waals surface area contributed by atoms with Gasteiger partial charge in [-0.3, -0.25) is 0 Å². The van der Waals surface area contributed by atoms with Crippen LogP contribution in [0.1, 0.15) is 52.7 Å². The number of thiazole rings is 1. The molecular weight excluding hydrogens is 834 g/mol. The van der Waals surface area contributed by atoms with E-state index in [0.717, 1.165) is 16.1 Å². The molecule has 7 heteroatoms. The lowest BCUT2D eigenvalue weighted by atomic mass is 9.43. The summed E-state index contributed by atoms with van der Waals surface area (Å²) in [4.78, 5) is 8.12. The molecule has 0 aliphatic carbocycles. The van der Waals surface area contributed by atoms with E-state index in [0.29, 0.717) is 0 Å². The second kappa shape index (κ2) is 12.7. The summed E-state index contributed by atoms with van der Waals surface area (Å²) in [6.07, 6.45) is 0. The Bertz CT molecular complexity index is 3980. The maximum atomic E-state index is 5.42. The number of hydrogen-bond acceptors (Lipinski definition) is 5. The van der Waals surface area contributed by atoms with Gasteiger partial charge in [-0.2, -0.15) is 0 Å². The molecule has 0 radical (unpaired) electrons. The Morgan fingerprint density at radius 3 is 1.98 bits per heavy atom. The molecule has 14 rings (SSSR count). The molecule has 0 N–H and O–H groups in total. The molecule has 8 aromatic carbocycles. The summed E-state index contributed by atoms with van der Waals surface area (Å²) in [5.74, 6) is 0. The van der Waals surface area contributed by atoms with Crippen molar-refractivity contribution in [2.45, 2.75) is 52.4 Å². The van der Waals surface area contributed by atoms with Crippen LogP contribution in [-0.4, -0.2) is 16.4 Å². The van der Waals surface area contributed by atoms with Gasteiger partial charge in [0.2, 0.25) is 0 Å². The lowest BCUT2D eigenvalue weighted by molar-refractivity contribution is 0.590. The number of thiophene rings is 2. The molecule has 3 nitrogen and oxygen atoms in total. The highest BCUT2D eigenvalue weighted by Crippen LogP contribution is 2.54. The van der Waals surface area contributed by atoms with Gasteiger partial charge in [-0.05, 0) is 99.1 Å². The van der Waals surface area contributed by atoms with Crippen LogP contribution >= 0.6 is 34.0 Å². The van der Waals surface area contributed by atoms with E-state index in [1.165, 1.54) is 117 Å². The third kappa shape index (κ3) is 5.00. The summed E-state index contributed by atoms with van der Waals surface area (Å²) in [5, 5.41) is 9.11. The summed E-state index contributed by atoms with van der Waals surface area (Å²) < 4.78 is 9.20. The average molecular weight is 876 g/mol. The fourth-order valence-corrected chi connectivity index (χ4v) is 14.4. The van der Waals surface area contributed by atoms with Gasteiger partial charge in [0.15, 0.2) is 0 Å². The van der Waals surface area contributed by atoms with Gasteiger partial charge in [-0.1, -0.05) is 126 Å². The monoisotopic (exact) mass is 875 g/mol. The van der Waals surface area contributed by atoms with Crippen LogP contribution in [0.4, 0.5) is 11.4 Å². The highest BCUT2D eigenvalue weighted by atomic mass is 32.1. The Morgan fingerprint density at radius 2 is 1.22 bits per heavy atom. The number of rotatable bonds is 2. The SMILES string of the molecule is CC(C)(C)c1ccc(N2B3c4cc5nc(-c6ccccc6)sc5cc4-n4c5ccc(C(C)(C)C)cc5c5c6sc7ccccc7c6c(c3c54)-c3cc4c(cc32)sc2ccccc24)cc1. The van der Waals surface area contributed by atoms with Gasteiger partial charge in [0.25, 0.3) is 0 Å². The zero-order valence-corrected chi connectivity index (χ0v) is 38.9. The van der Waals surface area contributed by atoms with Crippen molar-refractivity contribution in [2.24, 2.45) is 0 Å². The Hall–Kier alpha value is -6.25. The van der Waals surface area contributed by atoms with Gasteiger partial charge >= 0.3 is 6.85 Å². The van der Waals surface area contributed by atoms with Crippen molar-refractivity contribution >= 4 is 136 Å². The molecule has 0 bridgehead atoms. The van der Waals surface area contributed by atoms with Crippen molar-refractivity contribution in [1.82, 2.24) is 9.55 Å². The van der Waals surface area contributed by atoms with Crippen LogP contribution in [0, 0.1) is 0 Å². The lowest BCUT2D eigenvalue weighted by Crippen LogP contribution is -2.60. The smallest absolute Gasteiger partial charge is 0.333 e. The first kappa shape index (κ1) is 37.2. The summed E-state index contributed by atoms with van der Waals surface area (Å²) in [6.45, 7) is 13.8. The van der Waals surface area contributed by atoms with E-state index in [2.05, 4.69) is 197 Å². The molecule has 64 heavy (non-hydrogen) atoms. The molecule has 306 valence electrons. The first-order valence-corrected chi connectivity index (χ1v) is 24.8. The van der Waals surface area contributed by atoms with E-state index in [-0.39, 0.29) is 17.7 Å². The van der Waals surface area contributed by atoms with Crippen LogP contribution in [0.3, 0.4) is 0 Å². The van der Waals surface area contributed by atoms with E-state index in [1.807, 2.05) is 22.7 Å². The van der Waals surface area contributed by atoms with E-state index in [4.69, 9.17) is 4.98 Å². The second-order valence-corrected chi connectivity index (χ2v) is 23.1. The topological polar surface area (TPSA) is 21.1 Å². The normalized spacial score (nSPS) is 13.7. The van der Waals surface area contributed by atoms with Crippen LogP contribution in [0.15, 0.2) is 146 Å². The van der Waals surface area contributed by atoms with E-state index < -0.39 is 0 Å². The van der Waals surface area contributed by atoms with Crippen LogP contribution in [0.5, 0.6) is 0 Å². The fraction of sp³-hybridized carbons (Fsp3) is 0.140. The van der Waals surface area contributed by atoms with Gasteiger partial charge in [-0.25, -0.2) is 4.98 Å². The van der Waals surface area contributed by atoms with Crippen molar-refractivity contribution in [3.05, 3.63) is 157 Å². The Morgan fingerprint density at radius 1 is 0.531 bits per heavy atom. The van der Waals surface area contributed by atoms with E-state index in [9.17, 15) is 0 Å². The van der Waals surface area contributed by atoms with Crippen molar-refractivity contribution in [3.63, 3.8) is 0 Å². The number of hydrogen-bond donors (Lipinski definition) is 0. The van der Waals surface area contributed by atoms with Crippen LogP contribution in [0.25, 0.3) is 99.8 Å². The van der Waals surface area contributed by atoms with Crippen molar-refractivity contribution in [2.75, 3.05) is 4.81 Å². The minimum Gasteiger partial charge on any atom is -0.376 e. The fourth-order valence-electron chi connectivity index (χ4n) is 11.0. The molecule has 2 aliphatic rings. The van der Waals surface area contributed by atoms with Crippen molar-refractivity contribution < 1.29 is 0 Å². The Kier molecular flexibility index (Phi) is 7.39. The lowest BCUT2D eigenvalue weighted by Gasteiger charge is -2.42. The van der Waals surface area contributed by atoms with E-state index >= 15 is 0 Å². The number of nitrogens with zero attached hydrogens (tertiary/aromatic N) is 3. The summed E-state index contributed by atoms with van der Waals surface area (Å²) in [5.41, 5.74) is 16.5. The molecule has 0 amide bonds. The molecule has 6 heterocycles. The van der Waals surface area contributed by atoms with Gasteiger partial charge in [0.1, 0.15) is 5.01 Å². The predicted molar refractivity (Wildman–Crippen MR) is 282 cm³/mol. The zero-order valence-electron chi connectivity index (χ0n) is 36.5. The van der Waals surface area contributed by atoms with Crippen LogP contribution < -0.4 is 15.7 Å². The molecule has 0 atom stereocenters. The summed E-state index contributed by atoms with van der Waals surface area (Å²) in [7, 11) is 0. The maximum Gasteiger partial charge on any atom is 0.333 e. The Labute approximate surface area is 384 Å². The van der Waals surface area contributed by atoms with Crippen LogP contribution in [0.2, 0.25) is 0 Å². The van der Waals surface area contributed by atoms with Gasteiger partial charge in [-0.15, -0.1) is 34.0 Å². The second-order valence-electron chi connectivity index (χ2n) is 19.9. The predicted octanol–water partition coefficient (Wildman–Crippen LogP) is 15.6. The number of anilines is 2. The minimum atomic E-state index is -0.124. The third-order valence-corrected chi connectivity index (χ3v) is 17.5. The maximum absolute atomic E-state index is 5.42. The quantitative estimate of drug-likeness (QED) is 0.161. The number of fused-ring (bicyclic) bond motifs is 17. The molecule has 2 aliphatic heterocycles. The highest BCUT2D eigenvalue weighted by Gasteiger charge is 2.46. The van der Waals surface area contributed by atoms with Crippen molar-refractivity contribution in [1.29, 1.82) is 0 Å². The highest BCUT2D eigenvalue weighted by molar-refractivity contribution is 7.27. The number of benzene rings is 8. The third-order valence-electron chi connectivity index (χ3n) is 14.1. The standard InChI is InChI=1S/C57H42BN3S3/c1-56(2,3)32-20-23-34(24-21-32)61-43-29-47-37(35-16-10-12-18-45(35)62-47)27-39(43)49-50-36-17-11-13-19-46(36)63-54(50)51-38-26-33(57(4,5)6)22-25-42(38)60-44-30-48-41(28-40(44)58(61)52(49)53(51)60)59-55(64-48)31-14-8-7-9-15-31/h7-30H,1-6H3. The summed E-state index contributed by atoms with van der Waals surface area (Å²) in [6, 6.07) is 55.6.